The third-order valence-electron chi connectivity index (χ3n) is 3.52. The second-order valence-corrected chi connectivity index (χ2v) is 5.66. The van der Waals surface area contributed by atoms with Crippen LogP contribution in [0.4, 0.5) is 70.2 Å². The molecule has 0 aromatic heterocycles. The molecule has 0 aromatic rings. The van der Waals surface area contributed by atoms with E-state index < -0.39 is 67.4 Å². The lowest BCUT2D eigenvalue weighted by atomic mass is 9.81. The van der Waals surface area contributed by atoms with Crippen molar-refractivity contribution < 1.29 is 79.7 Å². The van der Waals surface area contributed by atoms with Crippen LogP contribution in [0, 0.1) is 5.92 Å². The van der Waals surface area contributed by atoms with Crippen molar-refractivity contribution in [3.8, 4) is 0 Å². The van der Waals surface area contributed by atoms with E-state index in [4.69, 9.17) is 0 Å². The lowest BCUT2D eigenvalue weighted by Gasteiger charge is -2.45. The lowest BCUT2D eigenvalue weighted by Crippen LogP contribution is -2.72. The van der Waals surface area contributed by atoms with Gasteiger partial charge < -0.3 is 9.47 Å². The molecular weight excluding hydrogens is 468 g/mol. The molecule has 2 nitrogen and oxygen atoms in total. The monoisotopic (exact) mass is 474 g/mol. The second-order valence-electron chi connectivity index (χ2n) is 5.66. The Morgan fingerprint density at radius 2 is 1.00 bits per heavy atom. The van der Waals surface area contributed by atoms with E-state index in [0.29, 0.717) is 0 Å². The van der Waals surface area contributed by atoms with Crippen molar-refractivity contribution in [2.45, 2.75) is 48.3 Å². The smallest absolute Gasteiger partial charge is 0.371 e. The molecule has 1 rings (SSSR count). The number of epoxide rings is 1. The van der Waals surface area contributed by atoms with Gasteiger partial charge in [-0.15, -0.1) is 0 Å². The molecule has 0 aliphatic carbocycles. The van der Waals surface area contributed by atoms with Crippen LogP contribution < -0.4 is 0 Å². The van der Waals surface area contributed by atoms with Gasteiger partial charge in [0, 0.05) is 0 Å². The van der Waals surface area contributed by atoms with Gasteiger partial charge >= 0.3 is 36.3 Å². The molecule has 0 amide bonds. The Hall–Kier alpha value is -1.20. The normalized spacial score (nSPS) is 22.0. The van der Waals surface area contributed by atoms with Gasteiger partial charge in [-0.3, -0.25) is 0 Å². The average Bonchev–Trinajstić information content (AvgIpc) is 3.24. The second kappa shape index (κ2) is 6.91. The van der Waals surface area contributed by atoms with E-state index in [1.54, 1.807) is 0 Å². The zero-order valence-electron chi connectivity index (χ0n) is 12.9. The summed E-state index contributed by atoms with van der Waals surface area (Å²) in [7, 11) is 0. The lowest BCUT2D eigenvalue weighted by molar-refractivity contribution is -0.465. The van der Waals surface area contributed by atoms with Crippen LogP contribution in [0.2, 0.25) is 0 Å². The van der Waals surface area contributed by atoms with Crippen molar-refractivity contribution >= 4 is 0 Å². The van der Waals surface area contributed by atoms with Crippen LogP contribution >= 0.6 is 0 Å². The number of hydrogen-bond donors (Lipinski definition) is 0. The van der Waals surface area contributed by atoms with Crippen LogP contribution in [-0.2, 0) is 9.47 Å². The highest BCUT2D eigenvalue weighted by atomic mass is 19.4. The number of halogens is 16. The Kier molecular flexibility index (Phi) is 6.16. The quantitative estimate of drug-likeness (QED) is 0.370. The average molecular weight is 474 g/mol. The summed E-state index contributed by atoms with van der Waals surface area (Å²) in [5.74, 6) is -37.2. The summed E-state index contributed by atoms with van der Waals surface area (Å²) in [6.45, 7) is -2.75. The summed E-state index contributed by atoms with van der Waals surface area (Å²) in [5, 5.41) is 0. The molecule has 0 N–H and O–H groups in total. The van der Waals surface area contributed by atoms with Gasteiger partial charge in [-0.25, -0.2) is 4.39 Å². The number of rotatable bonds is 7. The summed E-state index contributed by atoms with van der Waals surface area (Å²) in [6.07, 6.45) is -24.5. The van der Waals surface area contributed by atoms with E-state index in [9.17, 15) is 70.2 Å². The summed E-state index contributed by atoms with van der Waals surface area (Å²) in [6, 6.07) is 0. The van der Waals surface area contributed by atoms with Gasteiger partial charge in [-0.1, -0.05) is 0 Å². The van der Waals surface area contributed by atoms with Crippen molar-refractivity contribution in [2.75, 3.05) is 13.2 Å². The van der Waals surface area contributed by atoms with Gasteiger partial charge in [0.1, 0.15) is 6.10 Å². The van der Waals surface area contributed by atoms with E-state index in [-0.39, 0.29) is 0 Å². The summed E-state index contributed by atoms with van der Waals surface area (Å²) < 4.78 is 214. The molecule has 1 aliphatic rings. The van der Waals surface area contributed by atoms with Gasteiger partial charge in [0.15, 0.2) is 5.92 Å². The standard InChI is InChI=1S/C11H6F16O2/c12-5(13,9(19,20)21)4(6(14,15)10(22,23)24)7(16,29-2-3-1-28-3)8(17,18)11(25,26)27/h3-4H,1-2H2. The molecule has 1 aliphatic heterocycles. The van der Waals surface area contributed by atoms with Gasteiger partial charge in [-0.05, 0) is 0 Å². The maximum Gasteiger partial charge on any atom is 0.459 e. The molecular formula is C11H6F16O2. The van der Waals surface area contributed by atoms with Crippen molar-refractivity contribution in [3.05, 3.63) is 0 Å². The molecule has 0 aromatic carbocycles. The Labute approximate surface area is 148 Å². The Bertz CT molecular complexity index is 559. The zero-order chi connectivity index (χ0) is 23.5. The van der Waals surface area contributed by atoms with Crippen LogP contribution in [0.5, 0.6) is 0 Å². The van der Waals surface area contributed by atoms with Crippen LogP contribution in [0.3, 0.4) is 0 Å². The molecule has 0 spiro atoms. The molecule has 0 radical (unpaired) electrons. The van der Waals surface area contributed by atoms with Crippen molar-refractivity contribution in [2.24, 2.45) is 5.92 Å². The minimum atomic E-state index is -7.78. The summed E-state index contributed by atoms with van der Waals surface area (Å²) in [5.41, 5.74) is 0. The molecule has 1 saturated heterocycles. The highest BCUT2D eigenvalue weighted by Crippen LogP contribution is 2.62. The minimum absolute atomic E-state index is 0.677. The van der Waals surface area contributed by atoms with Gasteiger partial charge in [0.05, 0.1) is 13.2 Å². The first-order valence-electron chi connectivity index (χ1n) is 6.72. The zero-order valence-corrected chi connectivity index (χ0v) is 12.9. The van der Waals surface area contributed by atoms with Crippen molar-refractivity contribution in [1.29, 1.82) is 0 Å². The maximum absolute atomic E-state index is 14.5. The van der Waals surface area contributed by atoms with Gasteiger partial charge in [0.25, 0.3) is 5.85 Å². The maximum atomic E-state index is 14.5. The molecule has 1 heterocycles. The SMILES string of the molecule is FC(F)(F)C(F)(F)C(C(F)(F)C(F)(F)F)C(F)(OCC1CO1)C(F)(F)C(F)(F)F. The first-order valence-corrected chi connectivity index (χ1v) is 6.72. The number of hydrogen-bond acceptors (Lipinski definition) is 2. The van der Waals surface area contributed by atoms with Crippen LogP contribution in [0.25, 0.3) is 0 Å². The number of alkyl halides is 16. The summed E-state index contributed by atoms with van der Waals surface area (Å²) in [4.78, 5) is 0. The fourth-order valence-corrected chi connectivity index (χ4v) is 1.95. The van der Waals surface area contributed by atoms with Gasteiger partial charge in [0.2, 0.25) is 0 Å². The van der Waals surface area contributed by atoms with E-state index in [1.165, 1.54) is 0 Å². The predicted octanol–water partition coefficient (Wildman–Crippen LogP) is 5.28. The Balaban J connectivity index is 3.84. The van der Waals surface area contributed by atoms with E-state index in [1.807, 2.05) is 0 Å². The molecule has 2 atom stereocenters. The first kappa shape index (κ1) is 25.8. The number of ether oxygens (including phenoxy) is 2. The van der Waals surface area contributed by atoms with Crippen molar-refractivity contribution in [3.63, 3.8) is 0 Å². The summed E-state index contributed by atoms with van der Waals surface area (Å²) >= 11 is 0. The van der Waals surface area contributed by atoms with Gasteiger partial charge in [-0.2, -0.15) is 65.9 Å². The predicted molar refractivity (Wildman–Crippen MR) is 56.0 cm³/mol. The Morgan fingerprint density at radius 3 is 1.24 bits per heavy atom. The highest BCUT2D eigenvalue weighted by Gasteiger charge is 2.89. The molecule has 174 valence electrons. The fraction of sp³-hybridized carbons (Fsp3) is 1.00. The third kappa shape index (κ3) is 4.32. The van der Waals surface area contributed by atoms with E-state index in [2.05, 4.69) is 9.47 Å². The molecule has 2 unspecified atom stereocenters. The topological polar surface area (TPSA) is 21.8 Å². The Morgan fingerprint density at radius 1 is 0.655 bits per heavy atom. The largest absolute Gasteiger partial charge is 0.459 e. The highest BCUT2D eigenvalue weighted by molar-refractivity contribution is 5.10. The third-order valence-corrected chi connectivity index (χ3v) is 3.52. The molecule has 1 fully saturated rings. The van der Waals surface area contributed by atoms with E-state index in [0.717, 1.165) is 0 Å². The van der Waals surface area contributed by atoms with Crippen LogP contribution in [0.15, 0.2) is 0 Å². The van der Waals surface area contributed by atoms with Crippen molar-refractivity contribution in [1.82, 2.24) is 0 Å². The first-order chi connectivity index (χ1) is 12.4. The van der Waals surface area contributed by atoms with E-state index >= 15 is 0 Å². The minimum Gasteiger partial charge on any atom is -0.371 e. The molecule has 0 bridgehead atoms. The fourth-order valence-electron chi connectivity index (χ4n) is 1.95. The molecule has 29 heavy (non-hydrogen) atoms. The van der Waals surface area contributed by atoms with Crippen LogP contribution in [0.1, 0.15) is 0 Å². The molecule has 18 heteroatoms. The van der Waals surface area contributed by atoms with Crippen LogP contribution in [-0.4, -0.2) is 61.5 Å². The molecule has 0 saturated carbocycles.